The number of carbonyl (C=O) groups excluding carboxylic acids is 1. The van der Waals surface area contributed by atoms with Gasteiger partial charge in [0, 0.05) is 36.6 Å². The third-order valence-electron chi connectivity index (χ3n) is 5.37. The molecule has 1 aromatic heterocycles. The maximum Gasteiger partial charge on any atom is 0.257 e. The van der Waals surface area contributed by atoms with Crippen molar-refractivity contribution in [2.75, 3.05) is 20.1 Å². The van der Waals surface area contributed by atoms with Gasteiger partial charge in [-0.2, -0.15) is 0 Å². The van der Waals surface area contributed by atoms with Gasteiger partial charge in [-0.05, 0) is 51.4 Å². The molecule has 2 aliphatic rings. The molecule has 2 heterocycles. The molecule has 6 nitrogen and oxygen atoms in total. The van der Waals surface area contributed by atoms with Crippen LogP contribution in [0, 0.1) is 0 Å². The van der Waals surface area contributed by atoms with Crippen molar-refractivity contribution in [3.63, 3.8) is 0 Å². The van der Waals surface area contributed by atoms with Crippen LogP contribution in [0.15, 0.2) is 36.7 Å². The van der Waals surface area contributed by atoms with E-state index in [1.165, 1.54) is 5.56 Å². The van der Waals surface area contributed by atoms with Crippen LogP contribution in [0.4, 0.5) is 0 Å². The van der Waals surface area contributed by atoms with E-state index in [2.05, 4.69) is 37.6 Å². The lowest BCUT2D eigenvalue weighted by molar-refractivity contribution is 0.0622. The van der Waals surface area contributed by atoms with E-state index in [9.17, 15) is 4.79 Å². The van der Waals surface area contributed by atoms with E-state index in [4.69, 9.17) is 0 Å². The van der Waals surface area contributed by atoms with Gasteiger partial charge in [0.2, 0.25) is 0 Å². The smallest absolute Gasteiger partial charge is 0.257 e. The minimum Gasteiger partial charge on any atom is -0.332 e. The van der Waals surface area contributed by atoms with Gasteiger partial charge >= 0.3 is 0 Å². The first-order valence-electron chi connectivity index (χ1n) is 9.85. The first-order chi connectivity index (χ1) is 13.3. The zero-order chi connectivity index (χ0) is 18.6. The molecule has 2 aromatic rings. The molecular formula is C21H27N5O. The molecule has 1 saturated carbocycles. The lowest BCUT2D eigenvalue weighted by Gasteiger charge is -2.35. The van der Waals surface area contributed by atoms with Crippen LogP contribution >= 0.6 is 0 Å². The quantitative estimate of drug-likeness (QED) is 0.821. The predicted octanol–water partition coefficient (Wildman–Crippen LogP) is 2.22. The number of nitrogens with one attached hydrogen (secondary N) is 2. The van der Waals surface area contributed by atoms with E-state index in [-0.39, 0.29) is 5.91 Å². The highest BCUT2D eigenvalue weighted by Crippen LogP contribution is 2.32. The summed E-state index contributed by atoms with van der Waals surface area (Å²) in [6, 6.07) is 8.93. The summed E-state index contributed by atoms with van der Waals surface area (Å²) in [6.07, 6.45) is 7.66. The highest BCUT2D eigenvalue weighted by atomic mass is 16.2. The first-order valence-corrected chi connectivity index (χ1v) is 9.85. The lowest BCUT2D eigenvalue weighted by Crippen LogP contribution is -2.47. The molecule has 1 aromatic carbocycles. The Morgan fingerprint density at radius 1 is 1.07 bits per heavy atom. The molecule has 1 aliphatic heterocycles. The molecule has 0 unspecified atom stereocenters. The van der Waals surface area contributed by atoms with Gasteiger partial charge in [0.1, 0.15) is 0 Å². The minimum absolute atomic E-state index is 0.0836. The summed E-state index contributed by atoms with van der Waals surface area (Å²) in [5, 5.41) is 6.52. The Morgan fingerprint density at radius 2 is 1.70 bits per heavy atom. The fourth-order valence-electron chi connectivity index (χ4n) is 3.78. The maximum atomic E-state index is 13.1. The molecule has 0 radical (unpaired) electrons. The van der Waals surface area contributed by atoms with Gasteiger partial charge in [-0.25, -0.2) is 9.97 Å². The van der Waals surface area contributed by atoms with E-state index in [0.717, 1.165) is 50.9 Å². The number of aromatic nitrogens is 2. The Labute approximate surface area is 160 Å². The first kappa shape index (κ1) is 18.1. The Bertz CT molecular complexity index is 764. The van der Waals surface area contributed by atoms with Gasteiger partial charge in [-0.15, -0.1) is 0 Å². The fraction of sp³-hybridized carbons (Fsp3) is 0.476. The van der Waals surface area contributed by atoms with E-state index < -0.39 is 0 Å². The molecule has 6 heteroatoms. The fourth-order valence-corrected chi connectivity index (χ4v) is 3.78. The number of rotatable bonds is 6. The van der Waals surface area contributed by atoms with Crippen LogP contribution in [0.2, 0.25) is 0 Å². The van der Waals surface area contributed by atoms with Crippen molar-refractivity contribution in [2.24, 2.45) is 0 Å². The molecule has 1 amide bonds. The van der Waals surface area contributed by atoms with Crippen molar-refractivity contribution in [1.82, 2.24) is 25.5 Å². The van der Waals surface area contributed by atoms with Crippen molar-refractivity contribution < 1.29 is 4.79 Å². The van der Waals surface area contributed by atoms with Crippen LogP contribution in [0.25, 0.3) is 11.4 Å². The standard InChI is InChI=1S/C21H27N5O/c1-22-12-15-2-4-16(5-3-15)20-24-13-17(14-25-20)21(27)26(18-6-7-18)19-8-10-23-11-9-19/h2-5,13-14,18-19,22-23H,6-12H2,1H3. The van der Waals surface area contributed by atoms with Gasteiger partial charge < -0.3 is 15.5 Å². The molecule has 2 N–H and O–H groups in total. The summed E-state index contributed by atoms with van der Waals surface area (Å²) in [5.74, 6) is 0.739. The normalized spacial score (nSPS) is 17.7. The second-order valence-corrected chi connectivity index (χ2v) is 7.45. The monoisotopic (exact) mass is 365 g/mol. The molecule has 2 fully saturated rings. The van der Waals surface area contributed by atoms with Crippen LogP contribution < -0.4 is 10.6 Å². The molecule has 0 spiro atoms. The number of carbonyl (C=O) groups is 1. The second-order valence-electron chi connectivity index (χ2n) is 7.45. The van der Waals surface area contributed by atoms with E-state index >= 15 is 0 Å². The SMILES string of the molecule is CNCc1ccc(-c2ncc(C(=O)N(C3CCNCC3)C3CC3)cn2)cc1. The summed E-state index contributed by atoms with van der Waals surface area (Å²) in [4.78, 5) is 24.1. The Balaban J connectivity index is 1.49. The average molecular weight is 365 g/mol. The van der Waals surface area contributed by atoms with E-state index in [1.807, 2.05) is 19.2 Å². The van der Waals surface area contributed by atoms with Crippen molar-refractivity contribution in [1.29, 1.82) is 0 Å². The topological polar surface area (TPSA) is 70.2 Å². The summed E-state index contributed by atoms with van der Waals surface area (Å²) in [5.41, 5.74) is 2.78. The molecule has 1 saturated heterocycles. The summed E-state index contributed by atoms with van der Waals surface area (Å²) >= 11 is 0. The van der Waals surface area contributed by atoms with Crippen LogP contribution in [-0.2, 0) is 6.54 Å². The van der Waals surface area contributed by atoms with Crippen LogP contribution in [0.5, 0.6) is 0 Å². The number of amides is 1. The Morgan fingerprint density at radius 3 is 2.30 bits per heavy atom. The van der Waals surface area contributed by atoms with Crippen molar-refractivity contribution >= 4 is 5.91 Å². The highest BCUT2D eigenvalue weighted by Gasteiger charge is 2.38. The Hall–Kier alpha value is -2.31. The number of nitrogens with zero attached hydrogens (tertiary/aromatic N) is 3. The minimum atomic E-state index is 0.0836. The van der Waals surface area contributed by atoms with Gasteiger partial charge in [-0.1, -0.05) is 24.3 Å². The molecule has 4 rings (SSSR count). The number of hydrogen-bond donors (Lipinski definition) is 2. The molecule has 1 aliphatic carbocycles. The van der Waals surface area contributed by atoms with Crippen molar-refractivity contribution in [3.8, 4) is 11.4 Å². The molecule has 27 heavy (non-hydrogen) atoms. The largest absolute Gasteiger partial charge is 0.332 e. The average Bonchev–Trinajstić information content (AvgIpc) is 3.55. The number of benzene rings is 1. The molecule has 0 bridgehead atoms. The number of hydrogen-bond acceptors (Lipinski definition) is 5. The maximum absolute atomic E-state index is 13.1. The van der Waals surface area contributed by atoms with Crippen LogP contribution in [0.1, 0.15) is 41.6 Å². The third kappa shape index (κ3) is 4.17. The van der Waals surface area contributed by atoms with E-state index in [0.29, 0.717) is 23.5 Å². The third-order valence-corrected chi connectivity index (χ3v) is 5.37. The predicted molar refractivity (Wildman–Crippen MR) is 105 cm³/mol. The Kier molecular flexibility index (Phi) is 5.45. The summed E-state index contributed by atoms with van der Waals surface area (Å²) < 4.78 is 0. The van der Waals surface area contributed by atoms with Gasteiger partial charge in [0.15, 0.2) is 5.82 Å². The summed E-state index contributed by atoms with van der Waals surface area (Å²) in [7, 11) is 1.93. The molecular weight excluding hydrogens is 338 g/mol. The summed E-state index contributed by atoms with van der Waals surface area (Å²) in [6.45, 7) is 2.81. The molecule has 142 valence electrons. The molecule has 0 atom stereocenters. The van der Waals surface area contributed by atoms with Crippen LogP contribution in [0.3, 0.4) is 0 Å². The highest BCUT2D eigenvalue weighted by molar-refractivity contribution is 5.94. The lowest BCUT2D eigenvalue weighted by atomic mass is 10.0. The zero-order valence-corrected chi connectivity index (χ0v) is 15.8. The van der Waals surface area contributed by atoms with Gasteiger partial charge in [-0.3, -0.25) is 4.79 Å². The van der Waals surface area contributed by atoms with Crippen LogP contribution in [-0.4, -0.2) is 53.0 Å². The van der Waals surface area contributed by atoms with Crippen molar-refractivity contribution in [3.05, 3.63) is 47.8 Å². The number of piperidine rings is 1. The van der Waals surface area contributed by atoms with Gasteiger partial charge in [0.25, 0.3) is 5.91 Å². The van der Waals surface area contributed by atoms with E-state index in [1.54, 1.807) is 12.4 Å². The second kappa shape index (κ2) is 8.15. The zero-order valence-electron chi connectivity index (χ0n) is 15.8. The van der Waals surface area contributed by atoms with Gasteiger partial charge in [0.05, 0.1) is 5.56 Å². The van der Waals surface area contributed by atoms with Crippen molar-refractivity contribution in [2.45, 2.75) is 44.3 Å².